The molecule has 0 amide bonds. The number of para-hydroxylation sites is 1. The lowest BCUT2D eigenvalue weighted by Gasteiger charge is -2.26. The molecule has 0 atom stereocenters. The third-order valence-electron chi connectivity index (χ3n) is 3.01. The molecular formula is C15H16F2N2. The Morgan fingerprint density at radius 2 is 1.79 bits per heavy atom. The highest BCUT2D eigenvalue weighted by atomic mass is 19.1. The van der Waals surface area contributed by atoms with Crippen LogP contribution in [0.1, 0.15) is 12.5 Å². The maximum absolute atomic E-state index is 13.9. The Labute approximate surface area is 111 Å². The molecule has 0 unspecified atom stereocenters. The van der Waals surface area contributed by atoms with E-state index >= 15 is 0 Å². The Balaban J connectivity index is 2.51. The smallest absolute Gasteiger partial charge is 0.146 e. The quantitative estimate of drug-likeness (QED) is 0.912. The molecule has 0 heterocycles. The minimum atomic E-state index is -0.339. The second kappa shape index (κ2) is 5.80. The van der Waals surface area contributed by atoms with Crippen molar-refractivity contribution in [3.05, 3.63) is 59.7 Å². The number of rotatable bonds is 4. The molecule has 0 spiro atoms. The molecule has 0 aliphatic heterocycles. The van der Waals surface area contributed by atoms with Gasteiger partial charge >= 0.3 is 0 Å². The number of hydrogen-bond donors (Lipinski definition) is 1. The van der Waals surface area contributed by atoms with Crippen LogP contribution in [0.2, 0.25) is 0 Å². The van der Waals surface area contributed by atoms with Gasteiger partial charge in [0.1, 0.15) is 11.6 Å². The van der Waals surface area contributed by atoms with Crippen LogP contribution < -0.4 is 10.6 Å². The van der Waals surface area contributed by atoms with Crippen LogP contribution in [0.5, 0.6) is 0 Å². The number of anilines is 2. The van der Waals surface area contributed by atoms with Crippen molar-refractivity contribution >= 4 is 11.4 Å². The standard InChI is InChI=1S/C15H16F2N2/c1-2-19(15-6-4-3-5-13(15)17)14-8-7-12(16)9-11(14)10-18/h3-9H,2,10,18H2,1H3. The van der Waals surface area contributed by atoms with Crippen LogP contribution >= 0.6 is 0 Å². The Morgan fingerprint density at radius 3 is 2.42 bits per heavy atom. The largest absolute Gasteiger partial charge is 0.339 e. The molecule has 0 aliphatic carbocycles. The summed E-state index contributed by atoms with van der Waals surface area (Å²) >= 11 is 0. The summed E-state index contributed by atoms with van der Waals surface area (Å²) in [5, 5.41) is 0. The number of hydrogen-bond acceptors (Lipinski definition) is 2. The summed E-state index contributed by atoms with van der Waals surface area (Å²) in [7, 11) is 0. The average Bonchev–Trinajstić information content (AvgIpc) is 2.43. The van der Waals surface area contributed by atoms with Crippen LogP contribution in [-0.2, 0) is 6.54 Å². The average molecular weight is 262 g/mol. The van der Waals surface area contributed by atoms with Crippen molar-refractivity contribution in [3.8, 4) is 0 Å². The fourth-order valence-electron chi connectivity index (χ4n) is 2.12. The molecule has 2 aromatic carbocycles. The SMILES string of the molecule is CCN(c1ccccc1F)c1ccc(F)cc1CN. The van der Waals surface area contributed by atoms with Crippen LogP contribution in [0.25, 0.3) is 0 Å². The van der Waals surface area contributed by atoms with E-state index in [1.54, 1.807) is 29.2 Å². The number of nitrogens with two attached hydrogens (primary N) is 1. The van der Waals surface area contributed by atoms with Gasteiger partial charge in [0, 0.05) is 18.8 Å². The van der Waals surface area contributed by atoms with Crippen LogP contribution in [0, 0.1) is 11.6 Å². The van der Waals surface area contributed by atoms with E-state index in [2.05, 4.69) is 0 Å². The van der Waals surface area contributed by atoms with Gasteiger partial charge < -0.3 is 10.6 Å². The van der Waals surface area contributed by atoms with E-state index in [0.29, 0.717) is 17.8 Å². The molecule has 2 aromatic rings. The first-order chi connectivity index (χ1) is 9.17. The van der Waals surface area contributed by atoms with E-state index < -0.39 is 0 Å². The van der Waals surface area contributed by atoms with E-state index in [9.17, 15) is 8.78 Å². The van der Waals surface area contributed by atoms with Gasteiger partial charge in [-0.25, -0.2) is 8.78 Å². The lowest BCUT2D eigenvalue weighted by Crippen LogP contribution is -2.20. The summed E-state index contributed by atoms with van der Waals surface area (Å²) in [6.07, 6.45) is 0. The van der Waals surface area contributed by atoms with Gasteiger partial charge in [0.05, 0.1) is 5.69 Å². The van der Waals surface area contributed by atoms with Gasteiger partial charge in [-0.15, -0.1) is 0 Å². The molecule has 4 heteroatoms. The van der Waals surface area contributed by atoms with E-state index in [-0.39, 0.29) is 18.2 Å². The van der Waals surface area contributed by atoms with Gasteiger partial charge in [-0.1, -0.05) is 12.1 Å². The van der Waals surface area contributed by atoms with Crippen molar-refractivity contribution in [2.24, 2.45) is 5.73 Å². The monoisotopic (exact) mass is 262 g/mol. The zero-order chi connectivity index (χ0) is 13.8. The maximum Gasteiger partial charge on any atom is 0.146 e. The molecule has 2 N–H and O–H groups in total. The number of nitrogens with zero attached hydrogens (tertiary/aromatic N) is 1. The lowest BCUT2D eigenvalue weighted by molar-refractivity contribution is 0.622. The normalized spacial score (nSPS) is 10.5. The molecule has 19 heavy (non-hydrogen) atoms. The highest BCUT2D eigenvalue weighted by Gasteiger charge is 2.14. The predicted octanol–water partition coefficient (Wildman–Crippen LogP) is 3.58. The fourth-order valence-corrected chi connectivity index (χ4v) is 2.12. The molecule has 0 aromatic heterocycles. The molecular weight excluding hydrogens is 246 g/mol. The van der Waals surface area contributed by atoms with Crippen molar-refractivity contribution in [2.45, 2.75) is 13.5 Å². The number of halogens is 2. The second-order valence-corrected chi connectivity index (χ2v) is 4.17. The Bertz CT molecular complexity index is 570. The van der Waals surface area contributed by atoms with Crippen LogP contribution in [0.3, 0.4) is 0 Å². The molecule has 0 aliphatic rings. The van der Waals surface area contributed by atoms with Crippen LogP contribution in [0.4, 0.5) is 20.2 Å². The zero-order valence-corrected chi connectivity index (χ0v) is 10.7. The van der Waals surface area contributed by atoms with E-state index in [1.807, 2.05) is 6.92 Å². The highest BCUT2D eigenvalue weighted by Crippen LogP contribution is 2.30. The first-order valence-corrected chi connectivity index (χ1v) is 6.18. The van der Waals surface area contributed by atoms with Crippen LogP contribution in [-0.4, -0.2) is 6.54 Å². The van der Waals surface area contributed by atoms with E-state index in [4.69, 9.17) is 5.73 Å². The molecule has 100 valence electrons. The summed E-state index contributed by atoms with van der Waals surface area (Å²) in [4.78, 5) is 1.79. The molecule has 0 bridgehead atoms. The minimum absolute atomic E-state index is 0.206. The third kappa shape index (κ3) is 2.74. The molecule has 0 saturated carbocycles. The first-order valence-electron chi connectivity index (χ1n) is 6.18. The van der Waals surface area contributed by atoms with Crippen LogP contribution in [0.15, 0.2) is 42.5 Å². The van der Waals surface area contributed by atoms with Crippen molar-refractivity contribution in [1.29, 1.82) is 0 Å². The molecule has 0 fully saturated rings. The van der Waals surface area contributed by atoms with E-state index in [0.717, 1.165) is 5.69 Å². The lowest BCUT2D eigenvalue weighted by atomic mass is 10.1. The Kier molecular flexibility index (Phi) is 4.12. The Morgan fingerprint density at radius 1 is 1.05 bits per heavy atom. The topological polar surface area (TPSA) is 29.3 Å². The summed E-state index contributed by atoms with van der Waals surface area (Å²) in [6.45, 7) is 2.69. The molecule has 0 radical (unpaired) electrons. The van der Waals surface area contributed by atoms with Gasteiger partial charge in [-0.05, 0) is 42.8 Å². The number of benzene rings is 2. The zero-order valence-electron chi connectivity index (χ0n) is 10.7. The minimum Gasteiger partial charge on any atom is -0.339 e. The fraction of sp³-hybridized carbons (Fsp3) is 0.200. The van der Waals surface area contributed by atoms with Gasteiger partial charge in [0.15, 0.2) is 0 Å². The molecule has 0 saturated heterocycles. The highest BCUT2D eigenvalue weighted by molar-refractivity contribution is 5.66. The Hall–Kier alpha value is -1.94. The summed E-state index contributed by atoms with van der Waals surface area (Å²) < 4.78 is 27.1. The van der Waals surface area contributed by atoms with Crippen molar-refractivity contribution in [3.63, 3.8) is 0 Å². The molecule has 2 rings (SSSR count). The maximum atomic E-state index is 13.9. The second-order valence-electron chi connectivity index (χ2n) is 4.17. The third-order valence-corrected chi connectivity index (χ3v) is 3.01. The van der Waals surface area contributed by atoms with Gasteiger partial charge in [-0.2, -0.15) is 0 Å². The van der Waals surface area contributed by atoms with Crippen molar-refractivity contribution in [2.75, 3.05) is 11.4 Å². The summed E-state index contributed by atoms with van der Waals surface area (Å²) in [5.41, 5.74) is 7.50. The summed E-state index contributed by atoms with van der Waals surface area (Å²) in [5.74, 6) is -0.648. The van der Waals surface area contributed by atoms with Gasteiger partial charge in [-0.3, -0.25) is 0 Å². The predicted molar refractivity (Wildman–Crippen MR) is 73.4 cm³/mol. The van der Waals surface area contributed by atoms with Gasteiger partial charge in [0.2, 0.25) is 0 Å². The summed E-state index contributed by atoms with van der Waals surface area (Å²) in [6, 6.07) is 10.9. The molecule has 2 nitrogen and oxygen atoms in total. The van der Waals surface area contributed by atoms with Gasteiger partial charge in [0.25, 0.3) is 0 Å². The van der Waals surface area contributed by atoms with Crippen molar-refractivity contribution < 1.29 is 8.78 Å². The van der Waals surface area contributed by atoms with Crippen molar-refractivity contribution in [1.82, 2.24) is 0 Å². The van der Waals surface area contributed by atoms with E-state index in [1.165, 1.54) is 18.2 Å². The first kappa shape index (κ1) is 13.5.